The monoisotopic (exact) mass is 245 g/mol. The summed E-state index contributed by atoms with van der Waals surface area (Å²) in [5.41, 5.74) is 7.32. The van der Waals surface area contributed by atoms with Crippen molar-refractivity contribution in [3.05, 3.63) is 59.4 Å². The van der Waals surface area contributed by atoms with E-state index in [0.29, 0.717) is 17.1 Å². The Bertz CT molecular complexity index is 535. The van der Waals surface area contributed by atoms with Crippen molar-refractivity contribution in [2.45, 2.75) is 19.9 Å². The molecule has 2 nitrogen and oxygen atoms in total. The SMILES string of the molecule is Cc1ccc(Oc2cccc(F)c2[C@@H](C)N)cc1. The molecule has 0 aliphatic carbocycles. The number of halogens is 1. The van der Waals surface area contributed by atoms with Crippen LogP contribution >= 0.6 is 0 Å². The zero-order chi connectivity index (χ0) is 13.1. The van der Waals surface area contributed by atoms with E-state index in [1.165, 1.54) is 6.07 Å². The highest BCUT2D eigenvalue weighted by atomic mass is 19.1. The average molecular weight is 245 g/mol. The highest BCUT2D eigenvalue weighted by molar-refractivity contribution is 5.40. The first kappa shape index (κ1) is 12.6. The van der Waals surface area contributed by atoms with Crippen LogP contribution in [0.1, 0.15) is 24.1 Å². The van der Waals surface area contributed by atoms with Crippen LogP contribution in [0.4, 0.5) is 4.39 Å². The van der Waals surface area contributed by atoms with E-state index in [-0.39, 0.29) is 5.82 Å². The molecule has 0 bridgehead atoms. The Morgan fingerprint density at radius 3 is 2.39 bits per heavy atom. The molecule has 2 N–H and O–H groups in total. The van der Waals surface area contributed by atoms with Crippen LogP contribution < -0.4 is 10.5 Å². The van der Waals surface area contributed by atoms with Crippen LogP contribution in [0.5, 0.6) is 11.5 Å². The Balaban J connectivity index is 2.34. The lowest BCUT2D eigenvalue weighted by Crippen LogP contribution is -2.09. The summed E-state index contributed by atoms with van der Waals surface area (Å²) in [6.07, 6.45) is 0. The molecule has 0 spiro atoms. The fourth-order valence-electron chi connectivity index (χ4n) is 1.78. The molecular weight excluding hydrogens is 229 g/mol. The highest BCUT2D eigenvalue weighted by Crippen LogP contribution is 2.30. The first-order valence-electron chi connectivity index (χ1n) is 5.86. The molecule has 2 rings (SSSR count). The van der Waals surface area contributed by atoms with E-state index in [1.54, 1.807) is 19.1 Å². The maximum atomic E-state index is 13.7. The number of aryl methyl sites for hydroxylation is 1. The molecule has 0 aromatic heterocycles. The van der Waals surface area contributed by atoms with Gasteiger partial charge in [0.1, 0.15) is 17.3 Å². The van der Waals surface area contributed by atoms with E-state index in [0.717, 1.165) is 5.56 Å². The molecule has 0 aliphatic heterocycles. The van der Waals surface area contributed by atoms with Gasteiger partial charge in [0, 0.05) is 11.6 Å². The minimum absolute atomic E-state index is 0.338. The third kappa shape index (κ3) is 2.68. The van der Waals surface area contributed by atoms with Gasteiger partial charge in [-0.15, -0.1) is 0 Å². The minimum Gasteiger partial charge on any atom is -0.457 e. The van der Waals surface area contributed by atoms with Gasteiger partial charge in [-0.1, -0.05) is 23.8 Å². The van der Waals surface area contributed by atoms with Gasteiger partial charge in [0.15, 0.2) is 0 Å². The van der Waals surface area contributed by atoms with Crippen LogP contribution in [0.2, 0.25) is 0 Å². The summed E-state index contributed by atoms with van der Waals surface area (Å²) >= 11 is 0. The van der Waals surface area contributed by atoms with Crippen LogP contribution in [0.3, 0.4) is 0 Å². The van der Waals surface area contributed by atoms with Gasteiger partial charge < -0.3 is 10.5 Å². The number of benzene rings is 2. The second kappa shape index (κ2) is 5.19. The Labute approximate surface area is 106 Å². The molecule has 0 saturated carbocycles. The Morgan fingerprint density at radius 1 is 1.11 bits per heavy atom. The Kier molecular flexibility index (Phi) is 3.63. The van der Waals surface area contributed by atoms with Crippen LogP contribution in [0, 0.1) is 12.7 Å². The first-order valence-corrected chi connectivity index (χ1v) is 5.86. The molecule has 0 radical (unpaired) electrons. The van der Waals surface area contributed by atoms with Crippen LogP contribution in [-0.4, -0.2) is 0 Å². The molecule has 0 aliphatic rings. The normalized spacial score (nSPS) is 12.2. The third-order valence-corrected chi connectivity index (χ3v) is 2.72. The molecule has 94 valence electrons. The van der Waals surface area contributed by atoms with E-state index in [1.807, 2.05) is 31.2 Å². The molecule has 0 unspecified atom stereocenters. The predicted molar refractivity (Wildman–Crippen MR) is 70.3 cm³/mol. The summed E-state index contributed by atoms with van der Waals surface area (Å²) in [4.78, 5) is 0. The van der Waals surface area contributed by atoms with Gasteiger partial charge in [-0.05, 0) is 38.1 Å². The van der Waals surface area contributed by atoms with Gasteiger partial charge in [-0.3, -0.25) is 0 Å². The minimum atomic E-state index is -0.411. The van der Waals surface area contributed by atoms with Crippen molar-refractivity contribution in [3.63, 3.8) is 0 Å². The first-order chi connectivity index (χ1) is 8.58. The highest BCUT2D eigenvalue weighted by Gasteiger charge is 2.14. The lowest BCUT2D eigenvalue weighted by atomic mass is 10.1. The second-order valence-corrected chi connectivity index (χ2v) is 4.36. The number of hydrogen-bond acceptors (Lipinski definition) is 2. The van der Waals surface area contributed by atoms with Gasteiger partial charge in [0.2, 0.25) is 0 Å². The van der Waals surface area contributed by atoms with Crippen LogP contribution in [0.25, 0.3) is 0 Å². The van der Waals surface area contributed by atoms with Crippen LogP contribution in [-0.2, 0) is 0 Å². The summed E-state index contributed by atoms with van der Waals surface area (Å²) in [7, 11) is 0. The summed E-state index contributed by atoms with van der Waals surface area (Å²) in [6.45, 7) is 3.74. The molecule has 0 fully saturated rings. The van der Waals surface area contributed by atoms with Crippen molar-refractivity contribution >= 4 is 0 Å². The fraction of sp³-hybridized carbons (Fsp3) is 0.200. The van der Waals surface area contributed by atoms with Gasteiger partial charge in [-0.2, -0.15) is 0 Å². The largest absolute Gasteiger partial charge is 0.457 e. The number of ether oxygens (including phenoxy) is 1. The van der Waals surface area contributed by atoms with Gasteiger partial charge >= 0.3 is 0 Å². The van der Waals surface area contributed by atoms with Gasteiger partial charge in [0.25, 0.3) is 0 Å². The van der Waals surface area contributed by atoms with Crippen molar-refractivity contribution in [1.82, 2.24) is 0 Å². The molecule has 2 aromatic carbocycles. The Hall–Kier alpha value is -1.87. The van der Waals surface area contributed by atoms with Gasteiger partial charge in [0.05, 0.1) is 0 Å². The molecule has 2 aromatic rings. The third-order valence-electron chi connectivity index (χ3n) is 2.72. The van der Waals surface area contributed by atoms with E-state index in [4.69, 9.17) is 10.5 Å². The second-order valence-electron chi connectivity index (χ2n) is 4.36. The average Bonchev–Trinajstić information content (AvgIpc) is 2.32. The quantitative estimate of drug-likeness (QED) is 0.888. The summed E-state index contributed by atoms with van der Waals surface area (Å²) in [5.74, 6) is 0.802. The van der Waals surface area contributed by atoms with Crippen molar-refractivity contribution in [3.8, 4) is 11.5 Å². The number of nitrogens with two attached hydrogens (primary N) is 1. The maximum absolute atomic E-state index is 13.7. The van der Waals surface area contributed by atoms with Crippen molar-refractivity contribution in [2.75, 3.05) is 0 Å². The van der Waals surface area contributed by atoms with E-state index in [9.17, 15) is 4.39 Å². The Morgan fingerprint density at radius 2 is 1.78 bits per heavy atom. The standard InChI is InChI=1S/C15H16FNO/c1-10-6-8-12(9-7-10)18-14-5-3-4-13(16)15(14)11(2)17/h3-9,11H,17H2,1-2H3/t11-/m1/s1. The summed E-state index contributed by atoms with van der Waals surface area (Å²) < 4.78 is 19.4. The lowest BCUT2D eigenvalue weighted by molar-refractivity contribution is 0.461. The molecular formula is C15H16FNO. The van der Waals surface area contributed by atoms with E-state index >= 15 is 0 Å². The number of rotatable bonds is 3. The summed E-state index contributed by atoms with van der Waals surface area (Å²) in [5, 5.41) is 0. The van der Waals surface area contributed by atoms with E-state index < -0.39 is 6.04 Å². The van der Waals surface area contributed by atoms with Crippen molar-refractivity contribution in [2.24, 2.45) is 5.73 Å². The van der Waals surface area contributed by atoms with E-state index in [2.05, 4.69) is 0 Å². The zero-order valence-electron chi connectivity index (χ0n) is 10.5. The fourth-order valence-corrected chi connectivity index (χ4v) is 1.78. The maximum Gasteiger partial charge on any atom is 0.135 e. The van der Waals surface area contributed by atoms with Crippen molar-refractivity contribution in [1.29, 1.82) is 0 Å². The predicted octanol–water partition coefficient (Wildman–Crippen LogP) is 3.95. The topological polar surface area (TPSA) is 35.2 Å². The van der Waals surface area contributed by atoms with Crippen LogP contribution in [0.15, 0.2) is 42.5 Å². The number of hydrogen-bond donors (Lipinski definition) is 1. The molecule has 3 heteroatoms. The van der Waals surface area contributed by atoms with Crippen molar-refractivity contribution < 1.29 is 9.13 Å². The molecule has 1 atom stereocenters. The molecule has 18 heavy (non-hydrogen) atoms. The molecule has 0 heterocycles. The smallest absolute Gasteiger partial charge is 0.135 e. The summed E-state index contributed by atoms with van der Waals surface area (Å²) in [6, 6.07) is 11.9. The molecule has 0 amide bonds. The molecule has 0 saturated heterocycles. The zero-order valence-corrected chi connectivity index (χ0v) is 10.5. The lowest BCUT2D eigenvalue weighted by Gasteiger charge is -2.14. The van der Waals surface area contributed by atoms with Gasteiger partial charge in [-0.25, -0.2) is 4.39 Å².